The number of amides is 2. The van der Waals surface area contributed by atoms with Crippen LogP contribution in [0, 0.1) is 0 Å². The molecular formula is C19H24N4O3. The van der Waals surface area contributed by atoms with Crippen molar-refractivity contribution in [3.8, 4) is 0 Å². The van der Waals surface area contributed by atoms with Crippen molar-refractivity contribution < 1.29 is 14.1 Å². The van der Waals surface area contributed by atoms with Crippen molar-refractivity contribution in [2.45, 2.75) is 38.3 Å². The summed E-state index contributed by atoms with van der Waals surface area (Å²) in [5.41, 5.74) is 1.39. The lowest BCUT2D eigenvalue weighted by Crippen LogP contribution is -2.55. The number of carbonyl (C=O) groups excluding carboxylic acids is 2. The standard InChI is InChI=1S/C19H24N4O3/c1-13(19(25)20-14-6-7-14)22-8-10-23(11-9-22)18(24)12-16-15-4-2-3-5-17(15)26-21-16/h2-5,13-14H,6-12H2,1H3,(H,20,25). The Labute approximate surface area is 152 Å². The van der Waals surface area contributed by atoms with Crippen molar-refractivity contribution >= 4 is 22.8 Å². The smallest absolute Gasteiger partial charge is 0.237 e. The van der Waals surface area contributed by atoms with Crippen LogP contribution >= 0.6 is 0 Å². The van der Waals surface area contributed by atoms with Crippen molar-refractivity contribution in [2.75, 3.05) is 26.2 Å². The first-order chi connectivity index (χ1) is 12.6. The van der Waals surface area contributed by atoms with Crippen LogP contribution in [0.3, 0.4) is 0 Å². The third kappa shape index (κ3) is 3.58. The van der Waals surface area contributed by atoms with Crippen molar-refractivity contribution in [3.63, 3.8) is 0 Å². The summed E-state index contributed by atoms with van der Waals surface area (Å²) >= 11 is 0. The summed E-state index contributed by atoms with van der Waals surface area (Å²) < 4.78 is 5.28. The number of nitrogens with zero attached hydrogens (tertiary/aromatic N) is 3. The highest BCUT2D eigenvalue weighted by Gasteiger charge is 2.31. The highest BCUT2D eigenvalue weighted by atomic mass is 16.5. The molecule has 1 unspecified atom stereocenters. The molecule has 2 aliphatic rings. The second-order valence-corrected chi connectivity index (χ2v) is 7.18. The zero-order valence-electron chi connectivity index (χ0n) is 15.0. The molecule has 2 heterocycles. The van der Waals surface area contributed by atoms with Crippen LogP contribution in [-0.4, -0.2) is 65.0 Å². The molecule has 1 aromatic heterocycles. The molecule has 0 spiro atoms. The number of para-hydroxylation sites is 1. The molecule has 1 N–H and O–H groups in total. The topological polar surface area (TPSA) is 78.7 Å². The third-order valence-corrected chi connectivity index (χ3v) is 5.29. The van der Waals surface area contributed by atoms with Crippen LogP contribution in [0.25, 0.3) is 11.0 Å². The van der Waals surface area contributed by atoms with Gasteiger partial charge in [0.2, 0.25) is 11.8 Å². The van der Waals surface area contributed by atoms with Gasteiger partial charge in [0.05, 0.1) is 12.5 Å². The molecule has 7 heteroatoms. The van der Waals surface area contributed by atoms with E-state index in [0.717, 1.165) is 18.2 Å². The van der Waals surface area contributed by atoms with Crippen LogP contribution < -0.4 is 5.32 Å². The summed E-state index contributed by atoms with van der Waals surface area (Å²) in [5, 5.41) is 7.99. The number of piperazine rings is 1. The van der Waals surface area contributed by atoms with Crippen LogP contribution in [-0.2, 0) is 16.0 Å². The van der Waals surface area contributed by atoms with Gasteiger partial charge in [0, 0.05) is 37.6 Å². The summed E-state index contributed by atoms with van der Waals surface area (Å²) in [5.74, 6) is 0.153. The second-order valence-electron chi connectivity index (χ2n) is 7.18. The number of nitrogens with one attached hydrogen (secondary N) is 1. The molecule has 138 valence electrons. The van der Waals surface area contributed by atoms with Crippen molar-refractivity contribution in [1.29, 1.82) is 0 Å². The van der Waals surface area contributed by atoms with Gasteiger partial charge in [-0.2, -0.15) is 0 Å². The Hall–Kier alpha value is -2.41. The van der Waals surface area contributed by atoms with Crippen LogP contribution in [0.15, 0.2) is 28.8 Å². The van der Waals surface area contributed by atoms with Crippen LogP contribution in [0.2, 0.25) is 0 Å². The molecule has 7 nitrogen and oxygen atoms in total. The van der Waals surface area contributed by atoms with E-state index in [2.05, 4.69) is 15.4 Å². The maximum atomic E-state index is 12.6. The Morgan fingerprint density at radius 2 is 1.96 bits per heavy atom. The first-order valence-corrected chi connectivity index (χ1v) is 9.27. The van der Waals surface area contributed by atoms with E-state index >= 15 is 0 Å². The van der Waals surface area contributed by atoms with Crippen LogP contribution in [0.1, 0.15) is 25.5 Å². The fraction of sp³-hybridized carbons (Fsp3) is 0.526. The monoisotopic (exact) mass is 356 g/mol. The Bertz CT molecular complexity index is 806. The Kier molecular flexibility index (Phi) is 4.63. The number of benzene rings is 1. The molecule has 1 saturated heterocycles. The molecule has 1 aliphatic carbocycles. The minimum absolute atomic E-state index is 0.0544. The van der Waals surface area contributed by atoms with Gasteiger partial charge in [-0.1, -0.05) is 17.3 Å². The van der Waals surface area contributed by atoms with Gasteiger partial charge in [-0.15, -0.1) is 0 Å². The summed E-state index contributed by atoms with van der Waals surface area (Å²) in [4.78, 5) is 28.8. The van der Waals surface area contributed by atoms with Gasteiger partial charge in [0.1, 0.15) is 5.69 Å². The fourth-order valence-corrected chi connectivity index (χ4v) is 3.39. The zero-order chi connectivity index (χ0) is 18.1. The minimum atomic E-state index is -0.146. The highest BCUT2D eigenvalue weighted by Crippen LogP contribution is 2.20. The summed E-state index contributed by atoms with van der Waals surface area (Å²) in [6.07, 6.45) is 2.43. The van der Waals surface area contributed by atoms with E-state index in [1.165, 1.54) is 0 Å². The molecule has 1 atom stereocenters. The molecular weight excluding hydrogens is 332 g/mol. The quantitative estimate of drug-likeness (QED) is 0.870. The Morgan fingerprint density at radius 1 is 1.23 bits per heavy atom. The number of rotatable bonds is 5. The lowest BCUT2D eigenvalue weighted by molar-refractivity contribution is -0.133. The molecule has 4 rings (SSSR count). The second kappa shape index (κ2) is 7.07. The molecule has 1 saturated carbocycles. The molecule has 2 fully saturated rings. The zero-order valence-corrected chi connectivity index (χ0v) is 15.0. The first kappa shape index (κ1) is 17.0. The number of hydrogen-bond acceptors (Lipinski definition) is 5. The molecule has 1 aromatic carbocycles. The Balaban J connectivity index is 1.31. The number of carbonyl (C=O) groups is 2. The maximum Gasteiger partial charge on any atom is 0.237 e. The summed E-state index contributed by atoms with van der Waals surface area (Å²) in [7, 11) is 0. The molecule has 26 heavy (non-hydrogen) atoms. The molecule has 0 bridgehead atoms. The third-order valence-electron chi connectivity index (χ3n) is 5.29. The van der Waals surface area contributed by atoms with Gasteiger partial charge in [-0.3, -0.25) is 14.5 Å². The van der Waals surface area contributed by atoms with Gasteiger partial charge in [-0.25, -0.2) is 0 Å². The normalized spacial score (nSPS) is 19.5. The molecule has 0 radical (unpaired) electrons. The number of hydrogen-bond donors (Lipinski definition) is 1. The van der Waals surface area contributed by atoms with Crippen molar-refractivity contribution in [1.82, 2.24) is 20.3 Å². The molecule has 2 amide bonds. The van der Waals surface area contributed by atoms with E-state index in [-0.39, 0.29) is 24.3 Å². The van der Waals surface area contributed by atoms with E-state index in [1.807, 2.05) is 36.1 Å². The van der Waals surface area contributed by atoms with Gasteiger partial charge in [-0.05, 0) is 31.9 Å². The van der Waals surface area contributed by atoms with E-state index < -0.39 is 0 Å². The van der Waals surface area contributed by atoms with Gasteiger partial charge >= 0.3 is 0 Å². The average Bonchev–Trinajstić information content (AvgIpc) is 3.40. The van der Waals surface area contributed by atoms with Gasteiger partial charge in [0.15, 0.2) is 5.58 Å². The predicted octanol–water partition coefficient (Wildman–Crippen LogP) is 1.18. The van der Waals surface area contributed by atoms with E-state index in [9.17, 15) is 9.59 Å². The summed E-state index contributed by atoms with van der Waals surface area (Å²) in [6.45, 7) is 4.64. The lowest BCUT2D eigenvalue weighted by atomic mass is 10.1. The number of fused-ring (bicyclic) bond motifs is 1. The van der Waals surface area contributed by atoms with Crippen molar-refractivity contribution in [2.24, 2.45) is 0 Å². The first-order valence-electron chi connectivity index (χ1n) is 9.27. The number of aromatic nitrogens is 1. The van der Waals surface area contributed by atoms with Gasteiger partial charge in [0.25, 0.3) is 0 Å². The average molecular weight is 356 g/mol. The minimum Gasteiger partial charge on any atom is -0.356 e. The fourth-order valence-electron chi connectivity index (χ4n) is 3.39. The largest absolute Gasteiger partial charge is 0.356 e. The maximum absolute atomic E-state index is 12.6. The predicted molar refractivity (Wildman–Crippen MR) is 96.5 cm³/mol. The van der Waals surface area contributed by atoms with Crippen LogP contribution in [0.5, 0.6) is 0 Å². The van der Waals surface area contributed by atoms with Crippen molar-refractivity contribution in [3.05, 3.63) is 30.0 Å². The molecule has 1 aliphatic heterocycles. The van der Waals surface area contributed by atoms with E-state index in [0.29, 0.717) is 43.5 Å². The van der Waals surface area contributed by atoms with Crippen LogP contribution in [0.4, 0.5) is 0 Å². The SMILES string of the molecule is CC(C(=O)NC1CC1)N1CCN(C(=O)Cc2noc3ccccc23)CC1. The Morgan fingerprint density at radius 3 is 2.69 bits per heavy atom. The van der Waals surface area contributed by atoms with E-state index in [4.69, 9.17) is 4.52 Å². The van der Waals surface area contributed by atoms with Gasteiger partial charge < -0.3 is 14.7 Å². The van der Waals surface area contributed by atoms with E-state index in [1.54, 1.807) is 0 Å². The molecule has 2 aromatic rings. The summed E-state index contributed by atoms with van der Waals surface area (Å²) in [6, 6.07) is 7.81. The highest BCUT2D eigenvalue weighted by molar-refractivity contribution is 5.86. The lowest BCUT2D eigenvalue weighted by Gasteiger charge is -2.37.